The van der Waals surface area contributed by atoms with Gasteiger partial charge < -0.3 is 20.5 Å². The number of hydrogen-bond acceptors (Lipinski definition) is 5. The Hall–Kier alpha value is -3.65. The molecule has 1 aromatic heterocycles. The molecule has 1 aliphatic rings. The van der Waals surface area contributed by atoms with Gasteiger partial charge in [0.15, 0.2) is 0 Å². The van der Waals surface area contributed by atoms with Gasteiger partial charge in [0.25, 0.3) is 0 Å². The maximum absolute atomic E-state index is 12.7. The number of rotatable bonds is 9. The molecule has 7 nitrogen and oxygen atoms in total. The molecular weight excluding hydrogens is 452 g/mol. The van der Waals surface area contributed by atoms with Crippen LogP contribution in [0.15, 0.2) is 60.0 Å². The van der Waals surface area contributed by atoms with Crippen LogP contribution in [-0.2, 0) is 20.9 Å². The van der Waals surface area contributed by atoms with Crippen LogP contribution in [0.25, 0.3) is 11.1 Å². The number of amides is 2. The number of aliphatic carboxylic acids is 1. The third kappa shape index (κ3) is 5.46. The van der Waals surface area contributed by atoms with Crippen LogP contribution < -0.4 is 10.6 Å². The second-order valence-electron chi connectivity index (χ2n) is 8.24. The number of carbonyl (C=O) groups is 3. The van der Waals surface area contributed by atoms with E-state index in [1.807, 2.05) is 54.8 Å². The third-order valence-corrected chi connectivity index (χ3v) is 6.76. The Balaban J connectivity index is 1.38. The number of carbonyl (C=O) groups excluding carboxylic acids is 2. The summed E-state index contributed by atoms with van der Waals surface area (Å²) in [7, 11) is 0. The first-order valence-electron chi connectivity index (χ1n) is 11.1. The molecule has 2 amide bonds. The smallest absolute Gasteiger partial charge is 0.407 e. The first kappa shape index (κ1) is 23.5. The number of ether oxygens (including phenoxy) is 1. The van der Waals surface area contributed by atoms with Gasteiger partial charge in [-0.05, 0) is 52.6 Å². The quantitative estimate of drug-likeness (QED) is 0.422. The number of aryl methyl sites for hydroxylation is 1. The lowest BCUT2D eigenvalue weighted by Crippen LogP contribution is -2.47. The van der Waals surface area contributed by atoms with E-state index in [1.165, 1.54) is 0 Å². The third-order valence-electron chi connectivity index (χ3n) is 5.85. The zero-order chi connectivity index (χ0) is 24.1. The summed E-state index contributed by atoms with van der Waals surface area (Å²) in [6.45, 7) is 2.39. The lowest BCUT2D eigenvalue weighted by Gasteiger charge is -2.19. The van der Waals surface area contributed by atoms with Crippen LogP contribution >= 0.6 is 11.3 Å². The van der Waals surface area contributed by atoms with Crippen molar-refractivity contribution in [3.63, 3.8) is 0 Å². The summed E-state index contributed by atoms with van der Waals surface area (Å²) in [5.41, 5.74) is 5.36. The molecule has 0 bridgehead atoms. The second-order valence-corrected chi connectivity index (χ2v) is 9.35. The Kier molecular flexibility index (Phi) is 7.27. The highest BCUT2D eigenvalue weighted by Crippen LogP contribution is 2.44. The van der Waals surface area contributed by atoms with Gasteiger partial charge in [0, 0.05) is 23.8 Å². The number of hydrogen-bond donors (Lipinski definition) is 3. The summed E-state index contributed by atoms with van der Waals surface area (Å²) >= 11 is 1.58. The van der Waals surface area contributed by atoms with Crippen molar-refractivity contribution in [3.05, 3.63) is 81.5 Å². The lowest BCUT2D eigenvalue weighted by atomic mass is 9.98. The van der Waals surface area contributed by atoms with Gasteiger partial charge in [0.05, 0.1) is 0 Å². The molecule has 1 heterocycles. The van der Waals surface area contributed by atoms with Crippen molar-refractivity contribution in [1.29, 1.82) is 0 Å². The highest BCUT2D eigenvalue weighted by molar-refractivity contribution is 7.10. The van der Waals surface area contributed by atoms with Gasteiger partial charge in [-0.15, -0.1) is 11.3 Å². The molecule has 2 aromatic carbocycles. The average molecular weight is 479 g/mol. The van der Waals surface area contributed by atoms with Crippen molar-refractivity contribution in [2.24, 2.45) is 0 Å². The predicted molar refractivity (Wildman–Crippen MR) is 130 cm³/mol. The monoisotopic (exact) mass is 478 g/mol. The first-order valence-corrected chi connectivity index (χ1v) is 12.0. The summed E-state index contributed by atoms with van der Waals surface area (Å²) in [5, 5.41) is 16.3. The summed E-state index contributed by atoms with van der Waals surface area (Å²) in [6, 6.07) is 17.0. The van der Waals surface area contributed by atoms with Crippen molar-refractivity contribution in [3.8, 4) is 11.1 Å². The molecule has 0 spiro atoms. The Bertz CT molecular complexity index is 1160. The van der Waals surface area contributed by atoms with Crippen LogP contribution in [0.4, 0.5) is 4.79 Å². The molecule has 8 heteroatoms. The molecule has 3 N–H and O–H groups in total. The van der Waals surface area contributed by atoms with Gasteiger partial charge in [-0.1, -0.05) is 48.5 Å². The van der Waals surface area contributed by atoms with E-state index in [2.05, 4.69) is 22.8 Å². The van der Waals surface area contributed by atoms with Gasteiger partial charge in [-0.2, -0.15) is 0 Å². The van der Waals surface area contributed by atoms with E-state index < -0.39 is 24.0 Å². The van der Waals surface area contributed by atoms with Crippen molar-refractivity contribution >= 4 is 29.3 Å². The Morgan fingerprint density at radius 3 is 2.29 bits per heavy atom. The fourth-order valence-electron chi connectivity index (χ4n) is 4.22. The van der Waals surface area contributed by atoms with E-state index in [4.69, 9.17) is 9.84 Å². The van der Waals surface area contributed by atoms with Crippen molar-refractivity contribution < 1.29 is 24.2 Å². The molecule has 3 aromatic rings. The van der Waals surface area contributed by atoms with Crippen LogP contribution in [0.1, 0.15) is 40.3 Å². The van der Waals surface area contributed by atoms with Crippen LogP contribution in [-0.4, -0.2) is 35.7 Å². The number of benzene rings is 2. The van der Waals surface area contributed by atoms with Crippen LogP contribution in [0.3, 0.4) is 0 Å². The average Bonchev–Trinajstić information content (AvgIpc) is 3.39. The molecule has 0 aliphatic heterocycles. The van der Waals surface area contributed by atoms with Crippen LogP contribution in [0.5, 0.6) is 0 Å². The summed E-state index contributed by atoms with van der Waals surface area (Å²) in [4.78, 5) is 37.5. The minimum Gasteiger partial charge on any atom is -0.481 e. The van der Waals surface area contributed by atoms with E-state index in [9.17, 15) is 14.4 Å². The Morgan fingerprint density at radius 2 is 1.71 bits per heavy atom. The molecular formula is C26H26N2O5S. The standard InChI is InChI=1S/C26H26N2O5S/c1-16-12-17(15-34-16)13-27-25(31)23(10-11-24(29)30)28-26(32)33-14-22-20-8-4-2-6-18(20)19-7-3-5-9-21(19)22/h2-9,12,15,22-23H,10-11,13-14H2,1H3,(H,27,31)(H,28,32)(H,29,30). The van der Waals surface area contributed by atoms with E-state index in [0.29, 0.717) is 6.54 Å². The molecule has 0 saturated carbocycles. The largest absolute Gasteiger partial charge is 0.481 e. The van der Waals surface area contributed by atoms with Gasteiger partial charge in [0.1, 0.15) is 12.6 Å². The summed E-state index contributed by atoms with van der Waals surface area (Å²) in [6.07, 6.45) is -1.04. The van der Waals surface area contributed by atoms with Crippen LogP contribution in [0, 0.1) is 6.92 Å². The molecule has 176 valence electrons. The zero-order valence-electron chi connectivity index (χ0n) is 18.7. The molecule has 1 atom stereocenters. The van der Waals surface area contributed by atoms with Crippen molar-refractivity contribution in [1.82, 2.24) is 10.6 Å². The van der Waals surface area contributed by atoms with Gasteiger partial charge in [0.2, 0.25) is 5.91 Å². The predicted octanol–water partition coefficient (Wildman–Crippen LogP) is 4.44. The number of nitrogens with one attached hydrogen (secondary N) is 2. The molecule has 4 rings (SSSR count). The normalized spacial score (nSPS) is 13.0. The number of fused-ring (bicyclic) bond motifs is 3. The fraction of sp³-hybridized carbons (Fsp3) is 0.269. The Labute approximate surface area is 201 Å². The molecule has 0 radical (unpaired) electrons. The van der Waals surface area contributed by atoms with E-state index >= 15 is 0 Å². The molecule has 1 unspecified atom stereocenters. The summed E-state index contributed by atoms with van der Waals surface area (Å²) in [5.74, 6) is -1.59. The zero-order valence-corrected chi connectivity index (χ0v) is 19.6. The Morgan fingerprint density at radius 1 is 1.06 bits per heavy atom. The van der Waals surface area contributed by atoms with Crippen molar-refractivity contribution in [2.45, 2.75) is 38.3 Å². The number of alkyl carbamates (subject to hydrolysis) is 1. The molecule has 0 fully saturated rings. The van der Waals surface area contributed by atoms with E-state index in [1.54, 1.807) is 11.3 Å². The maximum atomic E-state index is 12.7. The van der Waals surface area contributed by atoms with Crippen molar-refractivity contribution in [2.75, 3.05) is 6.61 Å². The molecule has 0 saturated heterocycles. The fourth-order valence-corrected chi connectivity index (χ4v) is 4.93. The minimum absolute atomic E-state index is 0.0337. The van der Waals surface area contributed by atoms with Gasteiger partial charge in [-0.3, -0.25) is 9.59 Å². The van der Waals surface area contributed by atoms with Gasteiger partial charge in [-0.25, -0.2) is 4.79 Å². The number of thiophene rings is 1. The lowest BCUT2D eigenvalue weighted by molar-refractivity contribution is -0.137. The summed E-state index contributed by atoms with van der Waals surface area (Å²) < 4.78 is 5.52. The van der Waals surface area contributed by atoms with Gasteiger partial charge >= 0.3 is 12.1 Å². The molecule has 34 heavy (non-hydrogen) atoms. The highest BCUT2D eigenvalue weighted by atomic mass is 32.1. The van der Waals surface area contributed by atoms with E-state index in [-0.39, 0.29) is 25.4 Å². The molecule has 1 aliphatic carbocycles. The van der Waals surface area contributed by atoms with Crippen LogP contribution in [0.2, 0.25) is 0 Å². The maximum Gasteiger partial charge on any atom is 0.407 e. The SMILES string of the molecule is Cc1cc(CNC(=O)C(CCC(=O)O)NC(=O)OCC2c3ccccc3-c3ccccc32)cs1. The number of carboxylic acids is 1. The first-order chi connectivity index (χ1) is 16.4. The van der Waals surface area contributed by atoms with E-state index in [0.717, 1.165) is 32.7 Å². The topological polar surface area (TPSA) is 105 Å². The second kappa shape index (κ2) is 10.5. The highest BCUT2D eigenvalue weighted by Gasteiger charge is 2.30. The number of carboxylic acid groups (broad SMARTS) is 1. The minimum atomic E-state index is -1.04.